The van der Waals surface area contributed by atoms with Gasteiger partial charge >= 0.3 is 0 Å². The molecule has 8 heteroatoms. The molecule has 2 heterocycles. The Hall–Kier alpha value is -5.47. The Bertz CT molecular complexity index is 1910. The normalized spacial score (nSPS) is 14.6. The largest absolute Gasteiger partial charge is 0.344 e. The van der Waals surface area contributed by atoms with E-state index < -0.39 is 11.8 Å². The first kappa shape index (κ1) is 33.9. The molecule has 4 aromatic rings. The lowest BCUT2D eigenvalue weighted by Gasteiger charge is -2.28. The van der Waals surface area contributed by atoms with E-state index in [0.29, 0.717) is 5.70 Å². The summed E-state index contributed by atoms with van der Waals surface area (Å²) in [5.41, 5.74) is 7.06. The number of nitrogens with zero attached hydrogens (tertiary/aromatic N) is 3. The molecule has 242 valence electrons. The van der Waals surface area contributed by atoms with Crippen molar-refractivity contribution in [3.63, 3.8) is 0 Å². The van der Waals surface area contributed by atoms with Gasteiger partial charge in [-0.2, -0.15) is 4.99 Å². The van der Waals surface area contributed by atoms with Crippen LogP contribution in [0.5, 0.6) is 0 Å². The lowest BCUT2D eigenvalue weighted by molar-refractivity contribution is -0.126. The third-order valence-electron chi connectivity index (χ3n) is 7.98. The number of hydrogen-bond donors (Lipinski definition) is 1. The minimum absolute atomic E-state index is 0.0625. The molecule has 48 heavy (non-hydrogen) atoms. The van der Waals surface area contributed by atoms with Crippen LogP contribution < -0.4 is 5.32 Å². The fourth-order valence-corrected chi connectivity index (χ4v) is 6.38. The third kappa shape index (κ3) is 7.56. The lowest BCUT2D eigenvalue weighted by Crippen LogP contribution is -2.42. The Kier molecular flexibility index (Phi) is 10.9. The molecular weight excluding hydrogens is 617 g/mol. The van der Waals surface area contributed by atoms with Crippen LogP contribution in [0.25, 0.3) is 11.8 Å². The highest BCUT2D eigenvalue weighted by molar-refractivity contribution is 8.14. The molecule has 3 amide bonds. The van der Waals surface area contributed by atoms with Gasteiger partial charge in [-0.15, -0.1) is 0 Å². The molecule has 0 spiro atoms. The second-order valence-electron chi connectivity index (χ2n) is 11.3. The highest BCUT2D eigenvalue weighted by Gasteiger charge is 2.35. The summed E-state index contributed by atoms with van der Waals surface area (Å²) in [6.45, 7) is 11.5. The summed E-state index contributed by atoms with van der Waals surface area (Å²) in [4.78, 5) is 46.8. The molecule has 1 N–H and O–H groups in total. The van der Waals surface area contributed by atoms with Gasteiger partial charge in [0.2, 0.25) is 5.91 Å². The van der Waals surface area contributed by atoms with Crippen molar-refractivity contribution in [2.45, 2.75) is 33.7 Å². The summed E-state index contributed by atoms with van der Waals surface area (Å²) in [7, 11) is 0. The number of thioether (sulfide) groups is 1. The van der Waals surface area contributed by atoms with Crippen molar-refractivity contribution in [2.24, 2.45) is 4.99 Å². The first-order valence-electron chi connectivity index (χ1n) is 15.6. The number of nitrogens with one attached hydrogen (secondary N) is 1. The van der Waals surface area contributed by atoms with Gasteiger partial charge in [-0.1, -0.05) is 115 Å². The van der Waals surface area contributed by atoms with E-state index >= 15 is 0 Å². The summed E-state index contributed by atoms with van der Waals surface area (Å²) in [5.74, 6) is -1.51. The smallest absolute Gasteiger partial charge is 0.285 e. The highest BCUT2D eigenvalue weighted by atomic mass is 32.2. The Balaban J connectivity index is 1.44. The Labute approximate surface area is 286 Å². The maximum Gasteiger partial charge on any atom is 0.285 e. The topological polar surface area (TPSA) is 83.8 Å². The SMILES string of the molecule is C=C/C=C\C(=C/C)N1C(=O)/C(=C\c2cc(C)n(-c3ccc(C)cc3)c2C)C(=O)N=C1SCC(=O)NC(c1ccccc1)c1ccccc1. The zero-order valence-electron chi connectivity index (χ0n) is 27.5. The van der Waals surface area contributed by atoms with Gasteiger partial charge in [0.15, 0.2) is 5.17 Å². The van der Waals surface area contributed by atoms with Crippen LogP contribution in [0.2, 0.25) is 0 Å². The number of carbonyl (C=O) groups excluding carboxylic acids is 3. The Morgan fingerprint density at radius 1 is 0.938 bits per heavy atom. The molecule has 0 saturated heterocycles. The average molecular weight is 655 g/mol. The first-order valence-corrected chi connectivity index (χ1v) is 16.6. The van der Waals surface area contributed by atoms with E-state index in [4.69, 9.17) is 0 Å². The number of aliphatic imine (C=N–C) groups is 1. The average Bonchev–Trinajstić information content (AvgIpc) is 3.38. The molecule has 5 rings (SSSR count). The van der Waals surface area contributed by atoms with Crippen molar-refractivity contribution in [2.75, 3.05) is 5.75 Å². The van der Waals surface area contributed by atoms with Crippen LogP contribution in [0, 0.1) is 20.8 Å². The van der Waals surface area contributed by atoms with E-state index in [1.54, 1.807) is 37.3 Å². The predicted molar refractivity (Wildman–Crippen MR) is 196 cm³/mol. The molecule has 1 aromatic heterocycles. The summed E-state index contributed by atoms with van der Waals surface area (Å²) in [6.07, 6.45) is 8.39. The van der Waals surface area contributed by atoms with Gasteiger partial charge in [-0.3, -0.25) is 19.3 Å². The van der Waals surface area contributed by atoms with E-state index in [9.17, 15) is 14.4 Å². The maximum absolute atomic E-state index is 14.2. The van der Waals surface area contributed by atoms with Crippen molar-refractivity contribution < 1.29 is 14.4 Å². The third-order valence-corrected chi connectivity index (χ3v) is 8.91. The zero-order chi connectivity index (χ0) is 34.2. The molecule has 0 radical (unpaired) electrons. The van der Waals surface area contributed by atoms with Crippen molar-refractivity contribution in [1.82, 2.24) is 14.8 Å². The van der Waals surface area contributed by atoms with Crippen LogP contribution in [0.4, 0.5) is 0 Å². The first-order chi connectivity index (χ1) is 23.2. The van der Waals surface area contributed by atoms with Gasteiger partial charge in [0.05, 0.1) is 11.8 Å². The lowest BCUT2D eigenvalue weighted by atomic mass is 9.99. The number of amidine groups is 1. The Morgan fingerprint density at radius 3 is 2.15 bits per heavy atom. The van der Waals surface area contributed by atoms with Crippen molar-refractivity contribution in [3.8, 4) is 5.69 Å². The molecule has 0 saturated carbocycles. The monoisotopic (exact) mass is 654 g/mol. The van der Waals surface area contributed by atoms with Gasteiger partial charge in [0.25, 0.3) is 11.8 Å². The van der Waals surface area contributed by atoms with E-state index in [1.165, 1.54) is 4.90 Å². The molecule has 1 aliphatic heterocycles. The fourth-order valence-electron chi connectivity index (χ4n) is 5.57. The van der Waals surface area contributed by atoms with E-state index in [1.807, 2.05) is 112 Å². The number of carbonyl (C=O) groups is 3. The van der Waals surface area contributed by atoms with Crippen LogP contribution in [-0.2, 0) is 14.4 Å². The molecule has 0 fully saturated rings. The molecule has 1 aliphatic rings. The number of hydrogen-bond acceptors (Lipinski definition) is 4. The van der Waals surface area contributed by atoms with E-state index in [2.05, 4.69) is 21.5 Å². The molecule has 0 atom stereocenters. The summed E-state index contributed by atoms with van der Waals surface area (Å²) in [6, 6.07) is 29.2. The van der Waals surface area contributed by atoms with E-state index in [0.717, 1.165) is 51.1 Å². The number of aromatic nitrogens is 1. The van der Waals surface area contributed by atoms with E-state index in [-0.39, 0.29) is 28.4 Å². The van der Waals surface area contributed by atoms with Crippen LogP contribution >= 0.6 is 11.8 Å². The number of benzene rings is 3. The minimum atomic E-state index is -0.658. The van der Waals surface area contributed by atoms with Crippen LogP contribution in [0.1, 0.15) is 46.6 Å². The van der Waals surface area contributed by atoms with Gasteiger partial charge in [-0.25, -0.2) is 0 Å². The zero-order valence-corrected chi connectivity index (χ0v) is 28.3. The summed E-state index contributed by atoms with van der Waals surface area (Å²) < 4.78 is 2.09. The standard InChI is InChI=1S/C40H38N4O3S/c1-6-8-19-33(7-2)44-39(47)35(25-32-24-28(4)43(29(32)5)34-22-20-27(3)21-23-34)38(46)42-40(44)48-26-36(45)41-37(30-15-11-9-12-16-30)31-17-13-10-14-18-31/h6-25,37H,1,26H2,2-5H3,(H,41,45)/b19-8-,33-7+,35-25-. The molecular formula is C40H38N4O3S. The second-order valence-corrected chi connectivity index (χ2v) is 12.3. The predicted octanol–water partition coefficient (Wildman–Crippen LogP) is 7.80. The van der Waals surface area contributed by atoms with Crippen molar-refractivity contribution >= 4 is 40.7 Å². The van der Waals surface area contributed by atoms with Gasteiger partial charge in [-0.05, 0) is 74.7 Å². The van der Waals surface area contributed by atoms with Crippen LogP contribution in [0.15, 0.2) is 138 Å². The number of rotatable bonds is 10. The van der Waals surface area contributed by atoms with Crippen molar-refractivity contribution in [3.05, 3.63) is 167 Å². The summed E-state index contributed by atoms with van der Waals surface area (Å²) >= 11 is 1.04. The van der Waals surface area contributed by atoms with Crippen LogP contribution in [0.3, 0.4) is 0 Å². The van der Waals surface area contributed by atoms with Crippen LogP contribution in [-0.4, -0.2) is 38.1 Å². The molecule has 3 aromatic carbocycles. The maximum atomic E-state index is 14.2. The summed E-state index contributed by atoms with van der Waals surface area (Å²) in [5, 5.41) is 3.24. The van der Waals surface area contributed by atoms with Crippen molar-refractivity contribution in [1.29, 1.82) is 0 Å². The number of aryl methyl sites for hydroxylation is 2. The Morgan fingerprint density at radius 2 is 1.56 bits per heavy atom. The quantitative estimate of drug-likeness (QED) is 0.108. The van der Waals surface area contributed by atoms with Gasteiger partial charge < -0.3 is 9.88 Å². The molecule has 0 unspecified atom stereocenters. The van der Waals surface area contributed by atoms with Gasteiger partial charge in [0.1, 0.15) is 5.57 Å². The van der Waals surface area contributed by atoms with Gasteiger partial charge in [0, 0.05) is 22.8 Å². The molecule has 0 bridgehead atoms. The fraction of sp³-hybridized carbons (Fsp3) is 0.150. The number of amides is 3. The molecule has 0 aliphatic carbocycles. The highest BCUT2D eigenvalue weighted by Crippen LogP contribution is 2.29. The minimum Gasteiger partial charge on any atom is -0.344 e. The molecule has 7 nitrogen and oxygen atoms in total. The second kappa shape index (κ2) is 15.4. The number of allylic oxidation sites excluding steroid dienone is 4.